The highest BCUT2D eigenvalue weighted by atomic mass is 79.9. The molecule has 4 heteroatoms. The maximum Gasteiger partial charge on any atom is 0.321 e. The summed E-state index contributed by atoms with van der Waals surface area (Å²) >= 11 is 3.55. The van der Waals surface area contributed by atoms with Gasteiger partial charge in [0, 0.05) is 17.6 Å². The van der Waals surface area contributed by atoms with Crippen molar-refractivity contribution in [1.82, 2.24) is 4.90 Å². The molecule has 1 saturated heterocycles. The predicted octanol–water partition coefficient (Wildman–Crippen LogP) is 3.13. The molecule has 2 fully saturated rings. The van der Waals surface area contributed by atoms with E-state index in [9.17, 15) is 9.90 Å². The number of halogens is 1. The van der Waals surface area contributed by atoms with Crippen LogP contribution in [0.2, 0.25) is 0 Å². The van der Waals surface area contributed by atoms with Gasteiger partial charge in [-0.05, 0) is 36.3 Å². The normalized spacial score (nSPS) is 30.5. The molecule has 1 saturated carbocycles. The first-order valence-electron chi connectivity index (χ1n) is 6.87. The molecule has 0 radical (unpaired) electrons. The standard InChI is InChI=1S/C15H18BrNO2/c16-13-7-2-1-4-11(13)9-17-8-10-5-3-6-12(10)14(17)15(18)19/h1-2,4,7,10,12,14H,3,5-6,8-9H2,(H,18,19). The second kappa shape index (κ2) is 5.25. The van der Waals surface area contributed by atoms with Crippen LogP contribution in [0.3, 0.4) is 0 Å². The van der Waals surface area contributed by atoms with E-state index in [0.717, 1.165) is 24.0 Å². The van der Waals surface area contributed by atoms with Crippen molar-refractivity contribution in [2.45, 2.75) is 31.8 Å². The highest BCUT2D eigenvalue weighted by Gasteiger charge is 2.47. The van der Waals surface area contributed by atoms with E-state index < -0.39 is 5.97 Å². The van der Waals surface area contributed by atoms with E-state index in [0.29, 0.717) is 11.8 Å². The molecule has 1 N–H and O–H groups in total. The Bertz CT molecular complexity index is 491. The van der Waals surface area contributed by atoms with Crippen LogP contribution in [0.25, 0.3) is 0 Å². The Morgan fingerprint density at radius 2 is 2.16 bits per heavy atom. The second-order valence-electron chi connectivity index (χ2n) is 5.66. The number of rotatable bonds is 3. The van der Waals surface area contributed by atoms with Crippen LogP contribution in [-0.2, 0) is 11.3 Å². The van der Waals surface area contributed by atoms with E-state index in [4.69, 9.17) is 0 Å². The van der Waals surface area contributed by atoms with Gasteiger partial charge in [0.1, 0.15) is 6.04 Å². The summed E-state index contributed by atoms with van der Waals surface area (Å²) in [5, 5.41) is 9.52. The number of hydrogen-bond donors (Lipinski definition) is 1. The van der Waals surface area contributed by atoms with Crippen molar-refractivity contribution in [3.05, 3.63) is 34.3 Å². The molecule has 1 aromatic rings. The zero-order valence-corrected chi connectivity index (χ0v) is 12.3. The van der Waals surface area contributed by atoms with Crippen LogP contribution < -0.4 is 0 Å². The second-order valence-corrected chi connectivity index (χ2v) is 6.51. The van der Waals surface area contributed by atoms with Gasteiger partial charge in [-0.2, -0.15) is 0 Å². The largest absolute Gasteiger partial charge is 0.480 e. The lowest BCUT2D eigenvalue weighted by molar-refractivity contribution is -0.143. The van der Waals surface area contributed by atoms with Crippen molar-refractivity contribution in [3.63, 3.8) is 0 Å². The number of carbonyl (C=O) groups is 1. The van der Waals surface area contributed by atoms with Gasteiger partial charge in [-0.15, -0.1) is 0 Å². The van der Waals surface area contributed by atoms with Gasteiger partial charge in [-0.1, -0.05) is 40.5 Å². The predicted molar refractivity (Wildman–Crippen MR) is 76.8 cm³/mol. The van der Waals surface area contributed by atoms with E-state index in [1.165, 1.54) is 18.4 Å². The third-order valence-corrected chi connectivity index (χ3v) is 5.34. The zero-order valence-electron chi connectivity index (χ0n) is 10.8. The lowest BCUT2D eigenvalue weighted by atomic mass is 9.94. The first kappa shape index (κ1) is 13.1. The van der Waals surface area contributed by atoms with Crippen molar-refractivity contribution in [2.75, 3.05) is 6.54 Å². The Kier molecular flexibility index (Phi) is 3.63. The fourth-order valence-electron chi connectivity index (χ4n) is 3.74. The lowest BCUT2D eigenvalue weighted by Gasteiger charge is -2.24. The quantitative estimate of drug-likeness (QED) is 0.929. The molecule has 3 rings (SSSR count). The maximum atomic E-state index is 11.6. The molecule has 0 bridgehead atoms. The summed E-state index contributed by atoms with van der Waals surface area (Å²) in [5.74, 6) is 0.296. The van der Waals surface area contributed by atoms with E-state index in [-0.39, 0.29) is 6.04 Å². The molecule has 1 aliphatic heterocycles. The van der Waals surface area contributed by atoms with E-state index in [1.54, 1.807) is 0 Å². The summed E-state index contributed by atoms with van der Waals surface area (Å²) in [6.07, 6.45) is 3.47. The topological polar surface area (TPSA) is 40.5 Å². The van der Waals surface area contributed by atoms with Crippen LogP contribution in [0.15, 0.2) is 28.7 Å². The Balaban J connectivity index is 1.81. The molecule has 0 aromatic heterocycles. The molecule has 3 unspecified atom stereocenters. The number of carboxylic acid groups (broad SMARTS) is 1. The molecule has 3 nitrogen and oxygen atoms in total. The van der Waals surface area contributed by atoms with Gasteiger partial charge in [0.15, 0.2) is 0 Å². The van der Waals surface area contributed by atoms with Gasteiger partial charge in [0.2, 0.25) is 0 Å². The number of likely N-dealkylation sites (tertiary alicyclic amines) is 1. The van der Waals surface area contributed by atoms with E-state index in [2.05, 4.69) is 26.9 Å². The number of carboxylic acids is 1. The fraction of sp³-hybridized carbons (Fsp3) is 0.533. The van der Waals surface area contributed by atoms with Crippen LogP contribution in [0.1, 0.15) is 24.8 Å². The molecule has 1 aliphatic carbocycles. The van der Waals surface area contributed by atoms with Crippen LogP contribution >= 0.6 is 15.9 Å². The van der Waals surface area contributed by atoms with Crippen LogP contribution in [0, 0.1) is 11.8 Å². The summed E-state index contributed by atoms with van der Waals surface area (Å²) in [6, 6.07) is 7.78. The summed E-state index contributed by atoms with van der Waals surface area (Å²) in [4.78, 5) is 13.7. The average molecular weight is 324 g/mol. The van der Waals surface area contributed by atoms with Gasteiger partial charge in [0.25, 0.3) is 0 Å². The average Bonchev–Trinajstić information content (AvgIpc) is 2.91. The molecule has 2 aliphatic rings. The van der Waals surface area contributed by atoms with Crippen LogP contribution in [0.4, 0.5) is 0 Å². The third kappa shape index (κ3) is 2.43. The van der Waals surface area contributed by atoms with E-state index in [1.807, 2.05) is 18.2 Å². The first-order valence-corrected chi connectivity index (χ1v) is 7.66. The molecule has 1 heterocycles. The lowest BCUT2D eigenvalue weighted by Crippen LogP contribution is -2.39. The van der Waals surface area contributed by atoms with Gasteiger partial charge in [-0.25, -0.2) is 0 Å². The van der Waals surface area contributed by atoms with Gasteiger partial charge < -0.3 is 5.11 Å². The van der Waals surface area contributed by atoms with Crippen molar-refractivity contribution in [2.24, 2.45) is 11.8 Å². The Morgan fingerprint density at radius 1 is 1.37 bits per heavy atom. The fourth-order valence-corrected chi connectivity index (χ4v) is 4.15. The van der Waals surface area contributed by atoms with Crippen molar-refractivity contribution in [3.8, 4) is 0 Å². The number of aliphatic carboxylic acids is 1. The smallest absolute Gasteiger partial charge is 0.321 e. The molecule has 3 atom stereocenters. The number of nitrogens with zero attached hydrogens (tertiary/aromatic N) is 1. The summed E-state index contributed by atoms with van der Waals surface area (Å²) < 4.78 is 1.07. The molecule has 1 aromatic carbocycles. The molecular weight excluding hydrogens is 306 g/mol. The zero-order chi connectivity index (χ0) is 13.4. The molecule has 0 amide bonds. The number of benzene rings is 1. The van der Waals surface area contributed by atoms with Crippen molar-refractivity contribution in [1.29, 1.82) is 0 Å². The Labute approximate surface area is 121 Å². The summed E-state index contributed by atoms with van der Waals surface area (Å²) in [6.45, 7) is 1.66. The summed E-state index contributed by atoms with van der Waals surface area (Å²) in [7, 11) is 0. The highest BCUT2D eigenvalue weighted by Crippen LogP contribution is 2.43. The highest BCUT2D eigenvalue weighted by molar-refractivity contribution is 9.10. The molecular formula is C15H18BrNO2. The molecule has 19 heavy (non-hydrogen) atoms. The van der Waals surface area contributed by atoms with Crippen LogP contribution in [-0.4, -0.2) is 28.6 Å². The minimum Gasteiger partial charge on any atom is -0.480 e. The van der Waals surface area contributed by atoms with Crippen molar-refractivity contribution < 1.29 is 9.90 Å². The number of fused-ring (bicyclic) bond motifs is 1. The van der Waals surface area contributed by atoms with Gasteiger partial charge in [-0.3, -0.25) is 9.69 Å². The van der Waals surface area contributed by atoms with Crippen LogP contribution in [0.5, 0.6) is 0 Å². The summed E-state index contributed by atoms with van der Waals surface area (Å²) in [5.41, 5.74) is 1.17. The van der Waals surface area contributed by atoms with Gasteiger partial charge in [0.05, 0.1) is 0 Å². The minimum atomic E-state index is -0.651. The molecule has 102 valence electrons. The Morgan fingerprint density at radius 3 is 2.89 bits per heavy atom. The Hall–Kier alpha value is -0.870. The first-order chi connectivity index (χ1) is 9.16. The third-order valence-electron chi connectivity index (χ3n) is 4.57. The molecule has 0 spiro atoms. The number of hydrogen-bond acceptors (Lipinski definition) is 2. The minimum absolute atomic E-state index is 0.292. The monoisotopic (exact) mass is 323 g/mol. The maximum absolute atomic E-state index is 11.6. The van der Waals surface area contributed by atoms with E-state index >= 15 is 0 Å². The SMILES string of the molecule is O=C(O)C1C2CCCC2CN1Cc1ccccc1Br. The van der Waals surface area contributed by atoms with Gasteiger partial charge >= 0.3 is 5.97 Å². The van der Waals surface area contributed by atoms with Crippen molar-refractivity contribution >= 4 is 21.9 Å².